The molecule has 6 heteroatoms. The van der Waals surface area contributed by atoms with Gasteiger partial charge in [-0.1, -0.05) is 36.4 Å². The zero-order valence-electron chi connectivity index (χ0n) is 18.3. The van der Waals surface area contributed by atoms with E-state index < -0.39 is 0 Å². The predicted octanol–water partition coefficient (Wildman–Crippen LogP) is 6.22. The number of anilines is 2. The summed E-state index contributed by atoms with van der Waals surface area (Å²) >= 11 is 1.59. The van der Waals surface area contributed by atoms with Crippen LogP contribution in [0.3, 0.4) is 0 Å². The van der Waals surface area contributed by atoms with Crippen LogP contribution in [0.15, 0.2) is 79.0 Å². The van der Waals surface area contributed by atoms with Crippen molar-refractivity contribution in [2.24, 2.45) is 0 Å². The zero-order valence-corrected chi connectivity index (χ0v) is 19.1. The molecule has 4 aromatic rings. The number of benzene rings is 2. The maximum Gasteiger partial charge on any atom is 0.256 e. The van der Waals surface area contributed by atoms with E-state index in [-0.39, 0.29) is 11.9 Å². The average Bonchev–Trinajstić information content (AvgIpc) is 3.11. The molecule has 0 saturated carbocycles. The van der Waals surface area contributed by atoms with E-state index in [2.05, 4.69) is 29.5 Å². The summed E-state index contributed by atoms with van der Waals surface area (Å²) < 4.78 is 5.34. The van der Waals surface area contributed by atoms with Gasteiger partial charge >= 0.3 is 0 Å². The van der Waals surface area contributed by atoms with Gasteiger partial charge in [0, 0.05) is 22.2 Å². The topological polar surface area (TPSA) is 63.2 Å². The van der Waals surface area contributed by atoms with E-state index in [1.54, 1.807) is 24.6 Å². The number of nitrogens with one attached hydrogen (secondary N) is 2. The second-order valence-electron chi connectivity index (χ2n) is 7.41. The van der Waals surface area contributed by atoms with E-state index in [1.165, 1.54) is 0 Å². The Morgan fingerprint density at radius 2 is 1.69 bits per heavy atom. The fourth-order valence-corrected chi connectivity index (χ4v) is 4.66. The molecule has 32 heavy (non-hydrogen) atoms. The summed E-state index contributed by atoms with van der Waals surface area (Å²) in [5.74, 6) is 1.43. The normalized spacial score (nSPS) is 11.6. The molecule has 4 rings (SSSR count). The Morgan fingerprint density at radius 1 is 0.969 bits per heavy atom. The molecule has 0 bridgehead atoms. The molecule has 162 valence electrons. The summed E-state index contributed by atoms with van der Waals surface area (Å²) in [6.07, 6.45) is 1.76. The van der Waals surface area contributed by atoms with Crippen LogP contribution in [0.5, 0.6) is 5.75 Å². The minimum atomic E-state index is -0.202. The summed E-state index contributed by atoms with van der Waals surface area (Å²) in [6.45, 7) is 4.17. The van der Waals surface area contributed by atoms with Crippen LogP contribution in [0, 0.1) is 13.8 Å². The molecule has 2 N–H and O–H groups in total. The van der Waals surface area contributed by atoms with E-state index in [9.17, 15) is 4.79 Å². The number of carbonyl (C=O) groups excluding carboxylic acids is 1. The highest BCUT2D eigenvalue weighted by Gasteiger charge is 2.25. The van der Waals surface area contributed by atoms with Crippen LogP contribution in [0.1, 0.15) is 38.0 Å². The van der Waals surface area contributed by atoms with E-state index >= 15 is 0 Å². The second-order valence-corrected chi connectivity index (χ2v) is 8.64. The molecule has 5 nitrogen and oxygen atoms in total. The Morgan fingerprint density at radius 3 is 2.34 bits per heavy atom. The van der Waals surface area contributed by atoms with Gasteiger partial charge in [0.2, 0.25) is 0 Å². The maximum atomic E-state index is 12.9. The molecule has 0 spiro atoms. The van der Waals surface area contributed by atoms with Crippen LogP contribution in [0.2, 0.25) is 0 Å². The first-order valence-electron chi connectivity index (χ1n) is 10.3. The van der Waals surface area contributed by atoms with Crippen LogP contribution in [0.25, 0.3) is 0 Å². The Kier molecular flexibility index (Phi) is 6.52. The van der Waals surface area contributed by atoms with Crippen molar-refractivity contribution in [2.45, 2.75) is 19.9 Å². The summed E-state index contributed by atoms with van der Waals surface area (Å²) in [5, 5.41) is 7.53. The standard InChI is InChI=1S/C26H25N3O2S/c1-17-18(2)32-26(29-25(30)20-9-5-4-6-10-20)23(17)24(28-22-11-7-8-16-27-22)19-12-14-21(31-3)15-13-19/h4-16,24H,1-3H3,(H,27,28)(H,29,30). The SMILES string of the molecule is COc1ccc(C(Nc2ccccn2)c2c(NC(=O)c3ccccc3)sc(C)c2C)cc1. The lowest BCUT2D eigenvalue weighted by Crippen LogP contribution is -2.18. The molecule has 1 unspecified atom stereocenters. The number of carbonyl (C=O) groups is 1. The summed E-state index contributed by atoms with van der Waals surface area (Å²) in [5.41, 5.74) is 3.85. The first kappa shape index (κ1) is 21.6. The van der Waals surface area contributed by atoms with E-state index in [0.29, 0.717) is 5.56 Å². The van der Waals surface area contributed by atoms with Gasteiger partial charge in [0.15, 0.2) is 0 Å². The average molecular weight is 444 g/mol. The Balaban J connectivity index is 1.76. The van der Waals surface area contributed by atoms with Gasteiger partial charge in [-0.2, -0.15) is 0 Å². The molecule has 0 radical (unpaired) electrons. The van der Waals surface area contributed by atoms with Gasteiger partial charge in [0.05, 0.1) is 13.2 Å². The number of ether oxygens (including phenoxy) is 1. The number of pyridine rings is 1. The highest BCUT2D eigenvalue weighted by molar-refractivity contribution is 7.16. The Bertz CT molecular complexity index is 1190. The van der Waals surface area contributed by atoms with Crippen molar-refractivity contribution in [3.05, 3.63) is 106 Å². The van der Waals surface area contributed by atoms with Gasteiger partial charge in [-0.05, 0) is 61.4 Å². The fraction of sp³-hybridized carbons (Fsp3) is 0.154. The molecule has 2 heterocycles. The molecule has 0 aliphatic heterocycles. The number of aryl methyl sites for hydroxylation is 1. The van der Waals surface area contributed by atoms with Crippen LogP contribution in [-0.2, 0) is 0 Å². The molecular weight excluding hydrogens is 418 g/mol. The van der Waals surface area contributed by atoms with Gasteiger partial charge in [-0.3, -0.25) is 4.79 Å². The van der Waals surface area contributed by atoms with Crippen molar-refractivity contribution in [2.75, 3.05) is 17.7 Å². The lowest BCUT2D eigenvalue weighted by molar-refractivity contribution is 0.102. The maximum absolute atomic E-state index is 12.9. The van der Waals surface area contributed by atoms with Crippen molar-refractivity contribution >= 4 is 28.1 Å². The highest BCUT2D eigenvalue weighted by atomic mass is 32.1. The van der Waals surface area contributed by atoms with E-state index in [0.717, 1.165) is 38.1 Å². The molecule has 1 amide bonds. The minimum Gasteiger partial charge on any atom is -0.497 e. The largest absolute Gasteiger partial charge is 0.497 e. The third-order valence-corrected chi connectivity index (χ3v) is 6.53. The zero-order chi connectivity index (χ0) is 22.5. The first-order chi connectivity index (χ1) is 15.6. The molecular formula is C26H25N3O2S. The first-order valence-corrected chi connectivity index (χ1v) is 11.2. The third kappa shape index (κ3) is 4.65. The molecule has 0 saturated heterocycles. The van der Waals surface area contributed by atoms with Crippen LogP contribution >= 0.6 is 11.3 Å². The Hall–Kier alpha value is -3.64. The summed E-state index contributed by atoms with van der Waals surface area (Å²) in [7, 11) is 1.65. The quantitative estimate of drug-likeness (QED) is 0.356. The molecule has 0 aliphatic rings. The van der Waals surface area contributed by atoms with Crippen molar-refractivity contribution < 1.29 is 9.53 Å². The number of aromatic nitrogens is 1. The van der Waals surface area contributed by atoms with Gasteiger partial charge in [0.1, 0.15) is 16.6 Å². The van der Waals surface area contributed by atoms with Gasteiger partial charge in [-0.25, -0.2) is 4.98 Å². The number of rotatable bonds is 7. The molecule has 0 fully saturated rings. The van der Waals surface area contributed by atoms with Gasteiger partial charge in [0.25, 0.3) is 5.91 Å². The van der Waals surface area contributed by atoms with Gasteiger partial charge in [-0.15, -0.1) is 11.3 Å². The number of hydrogen-bond donors (Lipinski definition) is 2. The monoisotopic (exact) mass is 443 g/mol. The molecule has 2 aromatic carbocycles. The number of methoxy groups -OCH3 is 1. The number of hydrogen-bond acceptors (Lipinski definition) is 5. The van der Waals surface area contributed by atoms with E-state index in [1.807, 2.05) is 72.8 Å². The van der Waals surface area contributed by atoms with Crippen LogP contribution in [-0.4, -0.2) is 18.0 Å². The van der Waals surface area contributed by atoms with Crippen molar-refractivity contribution in [3.8, 4) is 5.75 Å². The lowest BCUT2D eigenvalue weighted by atomic mass is 9.96. The summed E-state index contributed by atoms with van der Waals surface area (Å²) in [4.78, 5) is 18.5. The number of amides is 1. The van der Waals surface area contributed by atoms with Crippen molar-refractivity contribution in [1.29, 1.82) is 0 Å². The fourth-order valence-electron chi connectivity index (χ4n) is 3.56. The second kappa shape index (κ2) is 9.66. The Labute approximate surface area is 192 Å². The molecule has 0 aliphatic carbocycles. The van der Waals surface area contributed by atoms with Crippen molar-refractivity contribution in [3.63, 3.8) is 0 Å². The smallest absolute Gasteiger partial charge is 0.256 e. The summed E-state index contributed by atoms with van der Waals surface area (Å²) in [6, 6.07) is 22.8. The van der Waals surface area contributed by atoms with Crippen LogP contribution in [0.4, 0.5) is 10.8 Å². The van der Waals surface area contributed by atoms with Gasteiger partial charge < -0.3 is 15.4 Å². The molecule has 1 atom stereocenters. The number of thiophene rings is 1. The molecule has 2 aromatic heterocycles. The predicted molar refractivity (Wildman–Crippen MR) is 131 cm³/mol. The minimum absolute atomic E-state index is 0.126. The van der Waals surface area contributed by atoms with Crippen LogP contribution < -0.4 is 15.4 Å². The number of nitrogens with zero attached hydrogens (tertiary/aromatic N) is 1. The third-order valence-electron chi connectivity index (χ3n) is 5.39. The van der Waals surface area contributed by atoms with E-state index in [4.69, 9.17) is 4.74 Å². The lowest BCUT2D eigenvalue weighted by Gasteiger charge is -2.22. The highest BCUT2D eigenvalue weighted by Crippen LogP contribution is 2.41. The van der Waals surface area contributed by atoms with Crippen molar-refractivity contribution in [1.82, 2.24) is 4.98 Å².